The van der Waals surface area contributed by atoms with Crippen LogP contribution >= 0.6 is 0 Å². The Balaban J connectivity index is 0.000000254. The number of fused-ring (bicyclic) bond motifs is 1. The molecule has 3 rings (SSSR count). The van der Waals surface area contributed by atoms with E-state index in [2.05, 4.69) is 29.1 Å². The average molecular weight is 498 g/mol. The average Bonchev–Trinajstić information content (AvgIpc) is 2.89. The Morgan fingerprint density at radius 3 is 2.28 bits per heavy atom. The molecule has 0 bridgehead atoms. The third-order valence-electron chi connectivity index (χ3n) is 5.34. The fourth-order valence-electron chi connectivity index (χ4n) is 3.46. The molecule has 36 heavy (non-hydrogen) atoms. The number of methoxy groups -OCH3 is 2. The first-order valence-electron chi connectivity index (χ1n) is 12.3. The fraction of sp³-hybridized carbons (Fsp3) is 0.444. The van der Waals surface area contributed by atoms with Gasteiger partial charge in [-0.15, -0.1) is 0 Å². The number of aromatic nitrogens is 2. The maximum atomic E-state index is 12.0. The molecular formula is C27H39N5O4. The van der Waals surface area contributed by atoms with Gasteiger partial charge < -0.3 is 30.2 Å². The maximum Gasteiger partial charge on any atom is 0.321 e. The summed E-state index contributed by atoms with van der Waals surface area (Å²) in [5.74, 6) is 2.17. The minimum atomic E-state index is -0.0381. The number of rotatable bonds is 11. The molecular weight excluding hydrogens is 458 g/mol. The van der Waals surface area contributed by atoms with Crippen LogP contribution in [0.1, 0.15) is 38.8 Å². The zero-order valence-corrected chi connectivity index (χ0v) is 22.0. The van der Waals surface area contributed by atoms with Crippen molar-refractivity contribution in [3.8, 4) is 17.2 Å². The molecule has 0 aliphatic rings. The summed E-state index contributed by atoms with van der Waals surface area (Å²) in [4.78, 5) is 22.3. The Morgan fingerprint density at radius 2 is 1.69 bits per heavy atom. The lowest BCUT2D eigenvalue weighted by atomic mass is 10.2. The van der Waals surface area contributed by atoms with Crippen molar-refractivity contribution in [3.63, 3.8) is 0 Å². The van der Waals surface area contributed by atoms with Gasteiger partial charge in [0.05, 0.1) is 26.3 Å². The SMILES string of the molecule is CCCN(CCC)C(=O)Nc1ccc(OC)cc1.COc1cc2c(C)ncnc2cc1OCCCN. The summed E-state index contributed by atoms with van der Waals surface area (Å²) in [7, 11) is 3.24. The monoisotopic (exact) mass is 497 g/mol. The predicted octanol–water partition coefficient (Wildman–Crippen LogP) is 5.02. The van der Waals surface area contributed by atoms with Gasteiger partial charge in [0.1, 0.15) is 12.1 Å². The minimum Gasteiger partial charge on any atom is -0.497 e. The summed E-state index contributed by atoms with van der Waals surface area (Å²) >= 11 is 0. The molecule has 9 nitrogen and oxygen atoms in total. The maximum absolute atomic E-state index is 12.0. The van der Waals surface area contributed by atoms with E-state index in [9.17, 15) is 4.79 Å². The van der Waals surface area contributed by atoms with Crippen molar-refractivity contribution in [2.75, 3.05) is 45.8 Å². The fourth-order valence-corrected chi connectivity index (χ4v) is 3.46. The molecule has 0 unspecified atom stereocenters. The number of nitrogens with zero attached hydrogens (tertiary/aromatic N) is 3. The van der Waals surface area contributed by atoms with E-state index in [1.54, 1.807) is 20.5 Å². The highest BCUT2D eigenvalue weighted by molar-refractivity contribution is 5.89. The molecule has 3 N–H and O–H groups in total. The number of amides is 2. The van der Waals surface area contributed by atoms with Crippen LogP contribution in [0.25, 0.3) is 10.9 Å². The van der Waals surface area contributed by atoms with Crippen molar-refractivity contribution < 1.29 is 19.0 Å². The first-order valence-corrected chi connectivity index (χ1v) is 12.3. The standard InChI is InChI=1S/C14H22N2O2.C13H17N3O2/c1-4-10-16(11-5-2)14(17)15-12-6-8-13(18-3)9-7-12;1-9-10-6-12(17-2)13(18-5-3-4-14)7-11(10)16-8-15-9/h6-9H,4-5,10-11H2,1-3H3,(H,15,17);6-8H,3-5,14H2,1-2H3. The Bertz CT molecular complexity index is 1070. The number of nitrogens with one attached hydrogen (secondary N) is 1. The van der Waals surface area contributed by atoms with Crippen molar-refractivity contribution in [3.05, 3.63) is 48.4 Å². The van der Waals surface area contributed by atoms with Gasteiger partial charge in [-0.25, -0.2) is 14.8 Å². The summed E-state index contributed by atoms with van der Waals surface area (Å²) in [5, 5.41) is 3.87. The highest BCUT2D eigenvalue weighted by Gasteiger charge is 2.11. The number of aryl methyl sites for hydroxylation is 1. The van der Waals surface area contributed by atoms with E-state index in [1.165, 1.54) is 0 Å². The molecule has 1 heterocycles. The molecule has 1 aromatic heterocycles. The molecule has 2 amide bonds. The second kappa shape index (κ2) is 15.4. The van der Waals surface area contributed by atoms with Gasteiger partial charge in [0.25, 0.3) is 0 Å². The number of hydrogen-bond donors (Lipinski definition) is 2. The van der Waals surface area contributed by atoms with Crippen molar-refractivity contribution in [1.29, 1.82) is 0 Å². The molecule has 0 atom stereocenters. The summed E-state index contributed by atoms with van der Waals surface area (Å²) in [6.45, 7) is 8.84. The highest BCUT2D eigenvalue weighted by atomic mass is 16.5. The molecule has 196 valence electrons. The van der Waals surface area contributed by atoms with Crippen LogP contribution in [0.15, 0.2) is 42.7 Å². The third kappa shape index (κ3) is 8.57. The number of anilines is 1. The van der Waals surface area contributed by atoms with Crippen LogP contribution in [0, 0.1) is 6.92 Å². The number of benzene rings is 2. The molecule has 0 aliphatic heterocycles. The largest absolute Gasteiger partial charge is 0.497 e. The Kier molecular flexibility index (Phi) is 12.3. The molecule has 3 aromatic rings. The van der Waals surface area contributed by atoms with Crippen molar-refractivity contribution in [1.82, 2.24) is 14.9 Å². The van der Waals surface area contributed by atoms with Crippen molar-refractivity contribution in [2.24, 2.45) is 5.73 Å². The lowest BCUT2D eigenvalue weighted by Crippen LogP contribution is -2.36. The van der Waals surface area contributed by atoms with Crippen LogP contribution in [0.2, 0.25) is 0 Å². The molecule has 2 aromatic carbocycles. The van der Waals surface area contributed by atoms with Gasteiger partial charge in [0, 0.05) is 35.9 Å². The lowest BCUT2D eigenvalue weighted by molar-refractivity contribution is 0.211. The Labute approximate surface area is 214 Å². The molecule has 0 radical (unpaired) electrons. The van der Waals surface area contributed by atoms with Crippen LogP contribution < -0.4 is 25.3 Å². The zero-order valence-electron chi connectivity index (χ0n) is 22.0. The van der Waals surface area contributed by atoms with Gasteiger partial charge in [-0.3, -0.25) is 0 Å². The number of hydrogen-bond acceptors (Lipinski definition) is 7. The molecule has 0 aliphatic carbocycles. The number of carbonyl (C=O) groups is 1. The van der Waals surface area contributed by atoms with E-state index in [0.717, 1.165) is 60.4 Å². The van der Waals surface area contributed by atoms with E-state index >= 15 is 0 Å². The van der Waals surface area contributed by atoms with E-state index in [-0.39, 0.29) is 6.03 Å². The van der Waals surface area contributed by atoms with Gasteiger partial charge in [-0.05, 0) is 63.1 Å². The number of urea groups is 1. The van der Waals surface area contributed by atoms with Crippen molar-refractivity contribution >= 4 is 22.6 Å². The van der Waals surface area contributed by atoms with Gasteiger partial charge in [-0.2, -0.15) is 0 Å². The van der Waals surface area contributed by atoms with Gasteiger partial charge in [-0.1, -0.05) is 13.8 Å². The van der Waals surface area contributed by atoms with Crippen LogP contribution in [0.5, 0.6) is 17.2 Å². The second-order valence-corrected chi connectivity index (χ2v) is 8.12. The molecule has 0 spiro atoms. The van der Waals surface area contributed by atoms with E-state index < -0.39 is 0 Å². The summed E-state index contributed by atoms with van der Waals surface area (Å²) in [6.07, 6.45) is 4.30. The summed E-state index contributed by atoms with van der Waals surface area (Å²) in [6, 6.07) is 11.1. The molecule has 0 saturated heterocycles. The zero-order chi connectivity index (χ0) is 26.3. The minimum absolute atomic E-state index is 0.0381. The summed E-state index contributed by atoms with van der Waals surface area (Å²) < 4.78 is 16.1. The highest BCUT2D eigenvalue weighted by Crippen LogP contribution is 2.32. The molecule has 0 fully saturated rings. The lowest BCUT2D eigenvalue weighted by Gasteiger charge is -2.21. The summed E-state index contributed by atoms with van der Waals surface area (Å²) in [5.41, 5.74) is 8.01. The molecule has 0 saturated carbocycles. The van der Waals surface area contributed by atoms with Crippen LogP contribution in [-0.4, -0.2) is 61.4 Å². The topological polar surface area (TPSA) is 112 Å². The second-order valence-electron chi connectivity index (χ2n) is 8.12. The predicted molar refractivity (Wildman–Crippen MR) is 144 cm³/mol. The van der Waals surface area contributed by atoms with E-state index in [4.69, 9.17) is 19.9 Å². The van der Waals surface area contributed by atoms with Crippen molar-refractivity contribution in [2.45, 2.75) is 40.0 Å². The number of carbonyl (C=O) groups excluding carboxylic acids is 1. The van der Waals surface area contributed by atoms with Gasteiger partial charge in [0.2, 0.25) is 0 Å². The van der Waals surface area contributed by atoms with E-state index in [1.807, 2.05) is 48.2 Å². The Morgan fingerprint density at radius 1 is 1.00 bits per heavy atom. The van der Waals surface area contributed by atoms with Crippen LogP contribution in [0.4, 0.5) is 10.5 Å². The number of ether oxygens (including phenoxy) is 3. The third-order valence-corrected chi connectivity index (χ3v) is 5.34. The molecule has 9 heteroatoms. The Hall–Kier alpha value is -3.59. The van der Waals surface area contributed by atoms with Crippen LogP contribution in [-0.2, 0) is 0 Å². The smallest absolute Gasteiger partial charge is 0.321 e. The van der Waals surface area contributed by atoms with E-state index in [0.29, 0.717) is 24.7 Å². The normalized spacial score (nSPS) is 10.3. The van der Waals surface area contributed by atoms with Gasteiger partial charge >= 0.3 is 6.03 Å². The number of nitrogens with two attached hydrogens (primary N) is 1. The first-order chi connectivity index (χ1) is 17.5. The quantitative estimate of drug-likeness (QED) is 0.358. The first kappa shape index (κ1) is 28.6. The van der Waals surface area contributed by atoms with Gasteiger partial charge in [0.15, 0.2) is 11.5 Å². The van der Waals surface area contributed by atoms with Crippen LogP contribution in [0.3, 0.4) is 0 Å².